The highest BCUT2D eigenvalue weighted by Crippen LogP contribution is 2.33. The van der Waals surface area contributed by atoms with Crippen LogP contribution in [0.25, 0.3) is 0 Å². The number of hydrogen-bond donors (Lipinski definition) is 14. The average Bonchev–Trinajstić information content (AvgIpc) is 2.91. The van der Waals surface area contributed by atoms with Crippen molar-refractivity contribution in [3.63, 3.8) is 0 Å². The van der Waals surface area contributed by atoms with E-state index in [-0.39, 0.29) is 43.2 Å². The van der Waals surface area contributed by atoms with Crippen LogP contribution in [0.3, 0.4) is 0 Å². The Morgan fingerprint density at radius 1 is 0.595 bits per heavy atom. The lowest BCUT2D eigenvalue weighted by molar-refractivity contribution is -0.999. The minimum atomic E-state index is -4.88. The van der Waals surface area contributed by atoms with Gasteiger partial charge in [-0.05, 0) is 34.4 Å². The van der Waals surface area contributed by atoms with Crippen molar-refractivity contribution in [3.05, 3.63) is 57.6 Å². The second kappa shape index (κ2) is 15.7. The molecule has 2 rings (SSSR count). The van der Waals surface area contributed by atoms with Crippen molar-refractivity contribution in [1.29, 1.82) is 0 Å². The second-order valence-corrected chi connectivity index (χ2v) is 13.3. The number of aliphatic hydroxyl groups excluding tert-OH is 6. The Morgan fingerprint density at radius 3 is 1.50 bits per heavy atom. The number of quaternary nitrogens is 2. The first-order chi connectivity index (χ1) is 19.6. The van der Waals surface area contributed by atoms with Gasteiger partial charge in [0.05, 0.1) is 37.6 Å². The average molecular weight is 643 g/mol. The first kappa shape index (κ1) is 36.2. The van der Waals surface area contributed by atoms with Crippen LogP contribution in [0.2, 0.25) is 0 Å². The third kappa shape index (κ3) is 9.77. The molecule has 0 saturated heterocycles. The van der Waals surface area contributed by atoms with Crippen LogP contribution in [0.1, 0.15) is 33.4 Å². The van der Waals surface area contributed by atoms with E-state index in [9.17, 15) is 69.6 Å². The highest BCUT2D eigenvalue weighted by Gasteiger charge is 2.43. The minimum absolute atomic E-state index is 0.0145. The zero-order chi connectivity index (χ0) is 31.8. The summed E-state index contributed by atoms with van der Waals surface area (Å²) in [4.78, 5) is 39.2. The Labute approximate surface area is 241 Å². The number of phenols is 2. The van der Waals surface area contributed by atoms with Crippen LogP contribution < -0.4 is 9.80 Å². The Kier molecular flexibility index (Phi) is 13.5. The van der Waals surface area contributed by atoms with Gasteiger partial charge in [-0.2, -0.15) is 0 Å². The molecule has 0 aliphatic rings. The van der Waals surface area contributed by atoms with E-state index in [1.54, 1.807) is 0 Å². The fourth-order valence-electron chi connectivity index (χ4n) is 5.16. The van der Waals surface area contributed by atoms with Crippen LogP contribution >= 0.6 is 15.2 Å². The van der Waals surface area contributed by atoms with Gasteiger partial charge in [0, 0.05) is 0 Å². The van der Waals surface area contributed by atoms with E-state index in [0.717, 1.165) is 0 Å². The first-order valence-electron chi connectivity index (χ1n) is 12.7. The molecular weight excluding hydrogens is 602 g/mol. The summed E-state index contributed by atoms with van der Waals surface area (Å²) in [6.07, 6.45) is -1.93. The predicted octanol–water partition coefficient (Wildman–Crippen LogP) is -4.47. The van der Waals surface area contributed by atoms with Gasteiger partial charge >= 0.3 is 15.2 Å². The quantitative estimate of drug-likeness (QED) is 0.0725. The van der Waals surface area contributed by atoms with E-state index in [1.807, 2.05) is 0 Å². The maximum atomic E-state index is 12.2. The van der Waals surface area contributed by atoms with Gasteiger partial charge in [-0.25, -0.2) is 0 Å². The molecule has 0 heterocycles. The highest BCUT2D eigenvalue weighted by atomic mass is 31.2. The third-order valence-corrected chi connectivity index (χ3v) is 8.75. The van der Waals surface area contributed by atoms with E-state index >= 15 is 0 Å². The smallest absolute Gasteiger partial charge is 0.379 e. The monoisotopic (exact) mass is 642 g/mol. The fraction of sp³-hybridized carbons (Fsp3) is 0.500. The third-order valence-electron chi connectivity index (χ3n) is 7.12. The molecule has 18 heteroatoms. The van der Waals surface area contributed by atoms with Crippen molar-refractivity contribution in [1.82, 2.24) is 0 Å². The van der Waals surface area contributed by atoms with Gasteiger partial charge in [-0.1, -0.05) is 12.1 Å². The van der Waals surface area contributed by atoms with Crippen molar-refractivity contribution in [2.45, 2.75) is 51.6 Å². The molecule has 2 aromatic carbocycles. The molecule has 238 valence electrons. The summed E-state index contributed by atoms with van der Waals surface area (Å²) < 4.78 is 24.3. The van der Waals surface area contributed by atoms with Crippen molar-refractivity contribution >= 4 is 15.2 Å². The zero-order valence-electron chi connectivity index (χ0n) is 22.6. The second-order valence-electron chi connectivity index (χ2n) is 9.98. The van der Waals surface area contributed by atoms with E-state index in [2.05, 4.69) is 0 Å². The SMILES string of the molecule is O=P(O)(O)C[NH+](Cc1c(O)ccc(CO)c1CO)C(CO)[C@@H](CO)[NH+](Cc1c(O)cc(CO)cc1CO)CP(=O)(O)O. The molecule has 0 aliphatic carbocycles. The van der Waals surface area contributed by atoms with Crippen molar-refractivity contribution < 1.29 is 79.4 Å². The van der Waals surface area contributed by atoms with Crippen molar-refractivity contribution in [2.24, 2.45) is 0 Å². The maximum Gasteiger partial charge on any atom is 0.379 e. The van der Waals surface area contributed by atoms with Gasteiger partial charge in [0.1, 0.15) is 37.8 Å². The summed E-state index contributed by atoms with van der Waals surface area (Å²) in [6, 6.07) is 2.37. The van der Waals surface area contributed by atoms with Gasteiger partial charge < -0.3 is 70.2 Å². The largest absolute Gasteiger partial charge is 0.507 e. The van der Waals surface area contributed by atoms with Gasteiger partial charge in [0.25, 0.3) is 0 Å². The van der Waals surface area contributed by atoms with Crippen LogP contribution in [-0.2, 0) is 48.6 Å². The van der Waals surface area contributed by atoms with Crippen LogP contribution in [0.4, 0.5) is 0 Å². The van der Waals surface area contributed by atoms with E-state index in [4.69, 9.17) is 0 Å². The number of benzene rings is 2. The van der Waals surface area contributed by atoms with Gasteiger partial charge in [0.2, 0.25) is 0 Å². The predicted molar refractivity (Wildman–Crippen MR) is 145 cm³/mol. The number of hydrogen-bond acceptors (Lipinski definition) is 10. The summed E-state index contributed by atoms with van der Waals surface area (Å²) in [6.45, 7) is -4.95. The van der Waals surface area contributed by atoms with E-state index < -0.39 is 104 Å². The molecule has 3 unspecified atom stereocenters. The molecule has 0 amide bonds. The molecule has 0 aliphatic heterocycles. The Hall–Kier alpha value is -1.98. The van der Waals surface area contributed by atoms with Gasteiger partial charge in [0.15, 0.2) is 24.7 Å². The molecular formula is C24H40N2O14P2+2. The Bertz CT molecular complexity index is 1280. The number of aliphatic hydroxyl groups is 6. The summed E-state index contributed by atoms with van der Waals surface area (Å²) in [7, 11) is -9.76. The minimum Gasteiger partial charge on any atom is -0.507 e. The topological polar surface area (TPSA) is 286 Å². The zero-order valence-corrected chi connectivity index (χ0v) is 24.4. The van der Waals surface area contributed by atoms with Crippen LogP contribution in [0.5, 0.6) is 11.5 Å². The lowest BCUT2D eigenvalue weighted by Gasteiger charge is -2.37. The molecule has 0 bridgehead atoms. The molecule has 0 aromatic heterocycles. The molecule has 0 fully saturated rings. The first-order valence-corrected chi connectivity index (χ1v) is 16.3. The van der Waals surface area contributed by atoms with Crippen molar-refractivity contribution in [2.75, 3.05) is 25.8 Å². The normalized spacial score (nSPS) is 15.4. The summed E-state index contributed by atoms with van der Waals surface area (Å²) in [5.41, 5.74) is 0.633. The lowest BCUT2D eigenvalue weighted by Crippen LogP contribution is -3.26. The Morgan fingerprint density at radius 2 is 1.10 bits per heavy atom. The molecule has 42 heavy (non-hydrogen) atoms. The summed E-state index contributed by atoms with van der Waals surface area (Å²) in [5.74, 6) is -0.818. The maximum absolute atomic E-state index is 12.2. The van der Waals surface area contributed by atoms with E-state index in [1.165, 1.54) is 24.3 Å². The van der Waals surface area contributed by atoms with Crippen LogP contribution in [0, 0.1) is 0 Å². The molecule has 14 N–H and O–H groups in total. The van der Waals surface area contributed by atoms with E-state index in [0.29, 0.717) is 0 Å². The fourth-order valence-corrected chi connectivity index (χ4v) is 6.91. The van der Waals surface area contributed by atoms with Gasteiger partial charge in [-0.3, -0.25) is 9.13 Å². The van der Waals surface area contributed by atoms with Crippen molar-refractivity contribution in [3.8, 4) is 11.5 Å². The number of nitrogens with one attached hydrogen (secondary N) is 2. The highest BCUT2D eigenvalue weighted by molar-refractivity contribution is 7.51. The molecule has 0 spiro atoms. The number of rotatable bonds is 17. The Balaban J connectivity index is 2.67. The standard InChI is InChI=1S/C24H38N2O14P2/c27-7-15-3-17(9-29)18(24(34)4-15)5-25(13-41(35,36)37)21(11-31)22(12-32)26(14-42(38,39)40)6-19-20(10-30)16(8-28)1-2-23(19)33/h1-4,21-22,27-34H,5-14H2,(H2,35,36,37)(H2,38,39,40)/p+2/t21-,22?/m1/s1. The molecule has 0 saturated carbocycles. The molecule has 0 radical (unpaired) electrons. The number of aromatic hydroxyl groups is 2. The molecule has 4 atom stereocenters. The summed E-state index contributed by atoms with van der Waals surface area (Å²) >= 11 is 0. The molecule has 16 nitrogen and oxygen atoms in total. The lowest BCUT2D eigenvalue weighted by atomic mass is 9.98. The van der Waals surface area contributed by atoms with Gasteiger partial charge in [-0.15, -0.1) is 0 Å². The van der Waals surface area contributed by atoms with Crippen LogP contribution in [0.15, 0.2) is 24.3 Å². The summed E-state index contributed by atoms with van der Waals surface area (Å²) in [5, 5.41) is 80.9. The van der Waals surface area contributed by atoms with Crippen LogP contribution in [-0.4, -0.2) is 98.3 Å². The molecule has 2 aromatic rings. The number of phenolic OH excluding ortho intramolecular Hbond substituents is 2.